The highest BCUT2D eigenvalue weighted by Crippen LogP contribution is 2.35. The summed E-state index contributed by atoms with van der Waals surface area (Å²) in [4.78, 5) is 0. The lowest BCUT2D eigenvalue weighted by Crippen LogP contribution is -2.34. The molecule has 1 fully saturated rings. The zero-order valence-electron chi connectivity index (χ0n) is 11.5. The van der Waals surface area contributed by atoms with Gasteiger partial charge in [-0.1, -0.05) is 30.7 Å². The van der Waals surface area contributed by atoms with Crippen LogP contribution >= 0.6 is 23.5 Å². The summed E-state index contributed by atoms with van der Waals surface area (Å²) in [5, 5.41) is 4.41. The van der Waals surface area contributed by atoms with Gasteiger partial charge in [0.2, 0.25) is 0 Å². The Morgan fingerprint density at radius 2 is 2.17 bits per heavy atom. The maximum Gasteiger partial charge on any atom is 0.0451 e. The molecule has 1 saturated heterocycles. The third-order valence-electron chi connectivity index (χ3n) is 3.41. The van der Waals surface area contributed by atoms with E-state index in [4.69, 9.17) is 0 Å². The van der Waals surface area contributed by atoms with E-state index in [0.29, 0.717) is 11.3 Å². The average Bonchev–Trinajstić information content (AvgIpc) is 2.40. The van der Waals surface area contributed by atoms with Gasteiger partial charge in [0.1, 0.15) is 0 Å². The van der Waals surface area contributed by atoms with Gasteiger partial charge < -0.3 is 5.32 Å². The topological polar surface area (TPSA) is 12.0 Å². The van der Waals surface area contributed by atoms with Gasteiger partial charge in [0.15, 0.2) is 0 Å². The van der Waals surface area contributed by atoms with Crippen LogP contribution in [-0.4, -0.2) is 29.1 Å². The Balaban J connectivity index is 2.24. The number of rotatable bonds is 4. The Labute approximate surface area is 120 Å². The van der Waals surface area contributed by atoms with Gasteiger partial charge in [-0.2, -0.15) is 23.5 Å². The first kappa shape index (κ1) is 14.3. The van der Waals surface area contributed by atoms with Crippen LogP contribution in [0.1, 0.15) is 29.7 Å². The lowest BCUT2D eigenvalue weighted by molar-refractivity contribution is 0.548. The van der Waals surface area contributed by atoms with Crippen molar-refractivity contribution in [3.8, 4) is 0 Å². The Bertz CT molecular complexity index is 386. The van der Waals surface area contributed by atoms with E-state index in [2.05, 4.69) is 67.8 Å². The number of hydrogen-bond acceptors (Lipinski definition) is 3. The summed E-state index contributed by atoms with van der Waals surface area (Å²) in [5.41, 5.74) is 4.28. The second-order valence-corrected chi connectivity index (χ2v) is 7.38. The fraction of sp³-hybridized carbons (Fsp3) is 0.600. The van der Waals surface area contributed by atoms with E-state index in [1.54, 1.807) is 0 Å². The molecule has 0 amide bonds. The van der Waals surface area contributed by atoms with Crippen LogP contribution < -0.4 is 5.32 Å². The highest BCUT2D eigenvalue weighted by atomic mass is 32.2. The van der Waals surface area contributed by atoms with Crippen LogP contribution in [0, 0.1) is 13.8 Å². The second kappa shape index (κ2) is 6.88. The van der Waals surface area contributed by atoms with E-state index >= 15 is 0 Å². The predicted molar refractivity (Wildman–Crippen MR) is 85.9 cm³/mol. The van der Waals surface area contributed by atoms with Crippen molar-refractivity contribution in [2.24, 2.45) is 0 Å². The molecule has 100 valence electrons. The summed E-state index contributed by atoms with van der Waals surface area (Å²) in [7, 11) is 0. The maximum atomic E-state index is 3.70. The smallest absolute Gasteiger partial charge is 0.0451 e. The molecule has 3 heteroatoms. The monoisotopic (exact) mass is 281 g/mol. The molecule has 1 nitrogen and oxygen atoms in total. The molecule has 2 unspecified atom stereocenters. The van der Waals surface area contributed by atoms with Crippen molar-refractivity contribution in [2.75, 3.05) is 23.8 Å². The lowest BCUT2D eigenvalue weighted by Gasteiger charge is -2.31. The summed E-state index contributed by atoms with van der Waals surface area (Å²) < 4.78 is 0. The number of nitrogens with one attached hydrogen (secondary N) is 1. The highest BCUT2D eigenvalue weighted by Gasteiger charge is 2.26. The van der Waals surface area contributed by atoms with Gasteiger partial charge in [-0.15, -0.1) is 0 Å². The fourth-order valence-corrected chi connectivity index (χ4v) is 5.31. The number of benzene rings is 1. The SMILES string of the molecule is CCNC(c1cc(C)ccc1C)C1CSCCS1. The van der Waals surface area contributed by atoms with Crippen molar-refractivity contribution in [1.82, 2.24) is 5.32 Å². The Kier molecular flexibility index (Phi) is 5.46. The van der Waals surface area contributed by atoms with Crippen molar-refractivity contribution < 1.29 is 0 Å². The van der Waals surface area contributed by atoms with Gasteiger partial charge >= 0.3 is 0 Å². The third kappa shape index (κ3) is 3.46. The Hall–Kier alpha value is -0.120. The van der Waals surface area contributed by atoms with Gasteiger partial charge in [0.05, 0.1) is 0 Å². The molecule has 0 radical (unpaired) electrons. The van der Waals surface area contributed by atoms with Gasteiger partial charge in [-0.3, -0.25) is 0 Å². The molecular weight excluding hydrogens is 258 g/mol. The zero-order chi connectivity index (χ0) is 13.0. The molecule has 0 aromatic heterocycles. The van der Waals surface area contributed by atoms with Gasteiger partial charge in [-0.25, -0.2) is 0 Å². The van der Waals surface area contributed by atoms with Crippen LogP contribution in [0.15, 0.2) is 18.2 Å². The molecule has 2 rings (SSSR count). The fourth-order valence-electron chi connectivity index (χ4n) is 2.46. The van der Waals surface area contributed by atoms with Crippen LogP contribution in [0.2, 0.25) is 0 Å². The molecule has 1 aliphatic heterocycles. The Morgan fingerprint density at radius 3 is 2.83 bits per heavy atom. The van der Waals surface area contributed by atoms with Crippen LogP contribution in [0.4, 0.5) is 0 Å². The van der Waals surface area contributed by atoms with E-state index in [1.165, 1.54) is 33.9 Å². The Morgan fingerprint density at radius 1 is 1.33 bits per heavy atom. The average molecular weight is 281 g/mol. The predicted octanol–water partition coefficient (Wildman–Crippen LogP) is 3.80. The molecule has 1 aromatic rings. The molecule has 0 spiro atoms. The lowest BCUT2D eigenvalue weighted by atomic mass is 9.97. The largest absolute Gasteiger partial charge is 0.309 e. The van der Waals surface area contributed by atoms with E-state index in [1.807, 2.05) is 0 Å². The van der Waals surface area contributed by atoms with E-state index < -0.39 is 0 Å². The number of hydrogen-bond donors (Lipinski definition) is 1. The van der Waals surface area contributed by atoms with Crippen molar-refractivity contribution >= 4 is 23.5 Å². The number of aryl methyl sites for hydroxylation is 2. The summed E-state index contributed by atoms with van der Waals surface area (Å²) in [5.74, 6) is 3.88. The molecule has 1 aliphatic rings. The van der Waals surface area contributed by atoms with E-state index in [0.717, 1.165) is 6.54 Å². The third-order valence-corrected chi connectivity index (χ3v) is 6.27. The normalized spacial score (nSPS) is 21.8. The quantitative estimate of drug-likeness (QED) is 0.901. The molecule has 2 atom stereocenters. The van der Waals surface area contributed by atoms with Crippen LogP contribution in [0.25, 0.3) is 0 Å². The first-order chi connectivity index (χ1) is 8.72. The van der Waals surface area contributed by atoms with E-state index in [9.17, 15) is 0 Å². The van der Waals surface area contributed by atoms with Crippen molar-refractivity contribution in [3.63, 3.8) is 0 Å². The molecule has 1 N–H and O–H groups in total. The van der Waals surface area contributed by atoms with Crippen LogP contribution in [0.5, 0.6) is 0 Å². The molecule has 1 aromatic carbocycles. The van der Waals surface area contributed by atoms with Gasteiger partial charge in [-0.05, 0) is 31.5 Å². The minimum Gasteiger partial charge on any atom is -0.309 e. The first-order valence-electron chi connectivity index (χ1n) is 6.72. The standard InChI is InChI=1S/C15H23NS2/c1-4-16-15(14-10-17-7-8-18-14)13-9-11(2)5-6-12(13)3/h5-6,9,14-16H,4,7-8,10H2,1-3H3. The summed E-state index contributed by atoms with van der Waals surface area (Å²) in [6.45, 7) is 7.67. The number of thioether (sulfide) groups is 2. The minimum atomic E-state index is 0.507. The molecule has 0 saturated carbocycles. The molecule has 1 heterocycles. The second-order valence-electron chi connectivity index (χ2n) is 4.88. The van der Waals surface area contributed by atoms with Crippen LogP contribution in [0.3, 0.4) is 0 Å². The van der Waals surface area contributed by atoms with Crippen molar-refractivity contribution in [3.05, 3.63) is 34.9 Å². The van der Waals surface area contributed by atoms with E-state index in [-0.39, 0.29) is 0 Å². The minimum absolute atomic E-state index is 0.507. The van der Waals surface area contributed by atoms with Crippen molar-refractivity contribution in [2.45, 2.75) is 32.1 Å². The first-order valence-corrected chi connectivity index (χ1v) is 8.92. The molecule has 0 aliphatic carbocycles. The highest BCUT2D eigenvalue weighted by molar-refractivity contribution is 8.06. The maximum absolute atomic E-state index is 3.70. The van der Waals surface area contributed by atoms with Crippen LogP contribution in [-0.2, 0) is 0 Å². The van der Waals surface area contributed by atoms with Crippen molar-refractivity contribution in [1.29, 1.82) is 0 Å². The summed E-state index contributed by atoms with van der Waals surface area (Å²) >= 11 is 4.24. The van der Waals surface area contributed by atoms with Gasteiger partial charge in [0.25, 0.3) is 0 Å². The molecule has 0 bridgehead atoms. The summed E-state index contributed by atoms with van der Waals surface area (Å²) in [6, 6.07) is 7.34. The van der Waals surface area contributed by atoms with Gasteiger partial charge in [0, 0.05) is 28.6 Å². The zero-order valence-corrected chi connectivity index (χ0v) is 13.2. The molecular formula is C15H23NS2. The summed E-state index contributed by atoms with van der Waals surface area (Å²) in [6.07, 6.45) is 0. The molecule has 18 heavy (non-hydrogen) atoms.